The van der Waals surface area contributed by atoms with Gasteiger partial charge in [-0.2, -0.15) is 0 Å². The highest BCUT2D eigenvalue weighted by atomic mass is 31.0. The number of fused-ring (bicyclic) bond motifs is 1. The van der Waals surface area contributed by atoms with Gasteiger partial charge in [-0.1, -0.05) is 27.4 Å². The van der Waals surface area contributed by atoms with Crippen molar-refractivity contribution in [3.63, 3.8) is 0 Å². The molecule has 9 heteroatoms. The molecule has 3 aliphatic rings. The zero-order chi connectivity index (χ0) is 24.1. The van der Waals surface area contributed by atoms with Crippen LogP contribution in [0.25, 0.3) is 0 Å². The van der Waals surface area contributed by atoms with Crippen LogP contribution in [-0.2, 0) is 0 Å². The summed E-state index contributed by atoms with van der Waals surface area (Å²) in [6.45, 7) is 3.67. The van der Waals surface area contributed by atoms with Crippen molar-refractivity contribution in [3.8, 4) is 0 Å². The number of likely N-dealkylation sites (tertiary alicyclic amines) is 1. The summed E-state index contributed by atoms with van der Waals surface area (Å²) in [6.07, 6.45) is 4.55. The number of benzene rings is 1. The molecule has 2 saturated carbocycles. The van der Waals surface area contributed by atoms with Crippen LogP contribution in [0.1, 0.15) is 65.7 Å². The minimum atomic E-state index is -1.53. The molecule has 182 valence electrons. The topological polar surface area (TPSA) is 66.4 Å². The van der Waals surface area contributed by atoms with Gasteiger partial charge in [0.25, 0.3) is 11.5 Å². The van der Waals surface area contributed by atoms with Gasteiger partial charge in [-0.15, -0.1) is 0 Å². The van der Waals surface area contributed by atoms with E-state index in [1.54, 1.807) is 29.8 Å². The Labute approximate surface area is 200 Å². The summed E-state index contributed by atoms with van der Waals surface area (Å²) >= 11 is 0. The molecule has 1 aliphatic heterocycles. The quantitative estimate of drug-likeness (QED) is 0.578. The molecule has 1 aromatic heterocycles. The number of nitrogens with one attached hydrogen (secondary N) is 2. The van der Waals surface area contributed by atoms with Gasteiger partial charge < -0.3 is 20.1 Å². The van der Waals surface area contributed by atoms with Crippen molar-refractivity contribution in [3.05, 3.63) is 63.3 Å². The smallest absolute Gasteiger partial charge is 0.255 e. The molecule has 2 heterocycles. The number of rotatable bonds is 7. The summed E-state index contributed by atoms with van der Waals surface area (Å²) < 4.78 is 30.3. The van der Waals surface area contributed by atoms with Gasteiger partial charge in [-0.25, -0.2) is 8.78 Å². The van der Waals surface area contributed by atoms with Crippen LogP contribution in [-0.4, -0.2) is 41.6 Å². The third-order valence-corrected chi connectivity index (χ3v) is 8.02. The average Bonchev–Trinajstić information content (AvgIpc) is 3.18. The first kappa shape index (κ1) is 23.4. The highest BCUT2D eigenvalue weighted by Crippen LogP contribution is 2.47. The third kappa shape index (κ3) is 4.27. The Morgan fingerprint density at radius 1 is 1.21 bits per heavy atom. The van der Waals surface area contributed by atoms with Crippen molar-refractivity contribution in [2.45, 2.75) is 50.2 Å². The van der Waals surface area contributed by atoms with Gasteiger partial charge in [-0.05, 0) is 45.1 Å². The number of halogens is 2. The van der Waals surface area contributed by atoms with Gasteiger partial charge in [-0.3, -0.25) is 9.59 Å². The number of aromatic nitrogens is 1. The largest absolute Gasteiger partial charge is 0.381 e. The third-order valence-electron chi connectivity index (χ3n) is 7.66. The van der Waals surface area contributed by atoms with Gasteiger partial charge in [0.1, 0.15) is 11.7 Å². The van der Waals surface area contributed by atoms with Crippen molar-refractivity contribution in [2.24, 2.45) is 11.8 Å². The molecule has 5 atom stereocenters. The molecule has 0 spiro atoms. The molecule has 2 N–H and O–H groups in total. The van der Waals surface area contributed by atoms with Crippen molar-refractivity contribution >= 4 is 20.8 Å². The fourth-order valence-electron chi connectivity index (χ4n) is 5.40. The first-order valence-corrected chi connectivity index (χ1v) is 12.6. The Balaban J connectivity index is 1.41. The van der Waals surface area contributed by atoms with Gasteiger partial charge in [0.05, 0.1) is 17.3 Å². The number of alkyl halides is 1. The van der Waals surface area contributed by atoms with Crippen LogP contribution in [0.4, 0.5) is 14.5 Å². The number of piperidine rings is 1. The maximum absolute atomic E-state index is 14.9. The second-order valence-electron chi connectivity index (χ2n) is 10.00. The van der Waals surface area contributed by atoms with E-state index in [9.17, 15) is 18.4 Å². The molecule has 0 radical (unpaired) electrons. The van der Waals surface area contributed by atoms with Crippen LogP contribution in [0, 0.1) is 17.7 Å². The van der Waals surface area contributed by atoms with Crippen LogP contribution in [0.3, 0.4) is 0 Å². The molecule has 1 amide bonds. The van der Waals surface area contributed by atoms with Crippen LogP contribution >= 0.6 is 9.24 Å². The summed E-state index contributed by atoms with van der Waals surface area (Å²) in [6, 6.07) is 5.73. The number of amides is 1. The standard InChI is InChI=1S/C25H31F2N4O2P/c1-13(15-7-4-8-16(22(15)26)24(27)34)28-25(33)19-12-31(14-5-3-6-14)21(32)9-20(19)29-23-17-10-30(2)11-18(17)23/h4,7-9,12-14,17-18,23-24,29H,3,5-6,10-11,34H2,1-2H3,(H,28,33)/t13-,17?,18?,23?,24?/m1/s1. The lowest BCUT2D eigenvalue weighted by Gasteiger charge is -2.29. The summed E-state index contributed by atoms with van der Waals surface area (Å²) in [5, 5.41) is 6.31. The Bertz CT molecular complexity index is 1150. The number of pyridine rings is 1. The lowest BCUT2D eigenvalue weighted by atomic mass is 9.92. The van der Waals surface area contributed by atoms with E-state index in [4.69, 9.17) is 0 Å². The lowest BCUT2D eigenvalue weighted by Crippen LogP contribution is -2.34. The molecular formula is C25H31F2N4O2P. The van der Waals surface area contributed by atoms with E-state index in [1.165, 1.54) is 12.1 Å². The zero-order valence-electron chi connectivity index (χ0n) is 19.4. The number of hydrogen-bond acceptors (Lipinski definition) is 4. The summed E-state index contributed by atoms with van der Waals surface area (Å²) in [5.74, 6) is -1.54. The number of nitrogens with zero attached hydrogens (tertiary/aromatic N) is 2. The summed E-state index contributed by atoms with van der Waals surface area (Å²) in [5.41, 5.74) is 0.943. The number of anilines is 1. The molecule has 34 heavy (non-hydrogen) atoms. The second-order valence-corrected chi connectivity index (χ2v) is 10.6. The molecule has 2 aliphatic carbocycles. The second kappa shape index (κ2) is 9.04. The van der Waals surface area contributed by atoms with Crippen molar-refractivity contribution in [1.29, 1.82) is 0 Å². The first-order chi connectivity index (χ1) is 16.2. The van der Waals surface area contributed by atoms with Crippen LogP contribution in [0.5, 0.6) is 0 Å². The van der Waals surface area contributed by atoms with E-state index < -0.39 is 23.7 Å². The van der Waals surface area contributed by atoms with Crippen molar-refractivity contribution in [2.75, 3.05) is 25.5 Å². The minimum absolute atomic E-state index is 0.0604. The molecule has 6 nitrogen and oxygen atoms in total. The van der Waals surface area contributed by atoms with Crippen LogP contribution < -0.4 is 16.2 Å². The Kier molecular flexibility index (Phi) is 6.23. The number of carbonyl (C=O) groups is 1. The van der Waals surface area contributed by atoms with Crippen LogP contribution in [0.2, 0.25) is 0 Å². The molecule has 3 fully saturated rings. The molecule has 4 unspecified atom stereocenters. The minimum Gasteiger partial charge on any atom is -0.381 e. The Morgan fingerprint density at radius 2 is 1.88 bits per heavy atom. The maximum atomic E-state index is 14.9. The van der Waals surface area contributed by atoms with Gasteiger partial charge in [0.2, 0.25) is 0 Å². The fourth-order valence-corrected chi connectivity index (χ4v) is 5.65. The summed E-state index contributed by atoms with van der Waals surface area (Å²) in [7, 11) is 4.04. The van der Waals surface area contributed by atoms with Gasteiger partial charge >= 0.3 is 0 Å². The molecular weight excluding hydrogens is 457 g/mol. The maximum Gasteiger partial charge on any atom is 0.255 e. The molecule has 1 aromatic carbocycles. The first-order valence-electron chi connectivity index (χ1n) is 11.9. The van der Waals surface area contributed by atoms with Crippen molar-refractivity contribution in [1.82, 2.24) is 14.8 Å². The average molecular weight is 489 g/mol. The number of hydrogen-bond donors (Lipinski definition) is 2. The van der Waals surface area contributed by atoms with Gasteiger partial charge in [0, 0.05) is 48.6 Å². The van der Waals surface area contributed by atoms with E-state index in [2.05, 4.69) is 22.6 Å². The molecule has 1 saturated heterocycles. The van der Waals surface area contributed by atoms with E-state index in [0.29, 0.717) is 23.1 Å². The molecule has 2 aromatic rings. The predicted molar refractivity (Wildman–Crippen MR) is 131 cm³/mol. The Morgan fingerprint density at radius 3 is 2.50 bits per heavy atom. The zero-order valence-corrected chi connectivity index (χ0v) is 20.6. The lowest BCUT2D eigenvalue weighted by molar-refractivity contribution is 0.0938. The monoisotopic (exact) mass is 488 g/mol. The molecule has 0 bridgehead atoms. The van der Waals surface area contributed by atoms with E-state index in [-0.39, 0.29) is 28.8 Å². The highest BCUT2D eigenvalue weighted by Gasteiger charge is 2.55. The predicted octanol–water partition coefficient (Wildman–Crippen LogP) is 4.02. The van der Waals surface area contributed by atoms with E-state index in [0.717, 1.165) is 32.4 Å². The van der Waals surface area contributed by atoms with Gasteiger partial charge in [0.15, 0.2) is 0 Å². The van der Waals surface area contributed by atoms with Crippen molar-refractivity contribution < 1.29 is 13.6 Å². The highest BCUT2D eigenvalue weighted by molar-refractivity contribution is 7.16. The summed E-state index contributed by atoms with van der Waals surface area (Å²) in [4.78, 5) is 28.5. The van der Waals surface area contributed by atoms with E-state index in [1.807, 2.05) is 9.24 Å². The van der Waals surface area contributed by atoms with E-state index >= 15 is 0 Å². The fraction of sp³-hybridized carbons (Fsp3) is 0.520. The normalized spacial score (nSPS) is 25.9. The number of carbonyl (C=O) groups excluding carboxylic acids is 1. The Hall–Kier alpha value is -2.31. The SMILES string of the molecule is C[C@@H](NC(=O)c1cn(C2CCC2)c(=O)cc1NC1C2CN(C)CC21)c1cccc(C(F)P)c1F. The van der Waals surface area contributed by atoms with Crippen LogP contribution in [0.15, 0.2) is 35.3 Å². The molecule has 5 rings (SSSR count).